The lowest BCUT2D eigenvalue weighted by Gasteiger charge is -2.07. The Bertz CT molecular complexity index is 899. The number of alkyl halides is 6. The second-order valence-corrected chi connectivity index (χ2v) is 6.83. The van der Waals surface area contributed by atoms with E-state index in [1.165, 1.54) is 35.6 Å². The van der Waals surface area contributed by atoms with Gasteiger partial charge >= 0.3 is 12.4 Å². The van der Waals surface area contributed by atoms with E-state index in [9.17, 15) is 26.3 Å². The number of halogens is 6. The molecule has 1 heterocycles. The maximum Gasteiger partial charge on any atom is 0.416 e. The van der Waals surface area contributed by atoms with E-state index in [2.05, 4.69) is 0 Å². The van der Waals surface area contributed by atoms with Crippen LogP contribution in [0.25, 0.3) is 20.9 Å². The van der Waals surface area contributed by atoms with Gasteiger partial charge in [0, 0.05) is 9.75 Å². The van der Waals surface area contributed by atoms with Crippen LogP contribution in [0.1, 0.15) is 16.7 Å². The second kappa shape index (κ2) is 6.46. The first-order valence-corrected chi connectivity index (χ1v) is 8.33. The summed E-state index contributed by atoms with van der Waals surface area (Å²) in [4.78, 5) is 1.54. The Balaban J connectivity index is 1.92. The molecule has 0 aliphatic rings. The molecule has 0 N–H and O–H groups in total. The fourth-order valence-electron chi connectivity index (χ4n) is 2.55. The summed E-state index contributed by atoms with van der Waals surface area (Å²) in [5.74, 6) is 0. The minimum absolute atomic E-state index is 0.629. The Morgan fingerprint density at radius 3 is 1.50 bits per heavy atom. The van der Waals surface area contributed by atoms with Crippen molar-refractivity contribution in [1.29, 1.82) is 0 Å². The van der Waals surface area contributed by atoms with Crippen LogP contribution in [0.3, 0.4) is 0 Å². The van der Waals surface area contributed by atoms with Crippen LogP contribution in [0.2, 0.25) is 0 Å². The highest BCUT2D eigenvalue weighted by molar-refractivity contribution is 7.19. The number of rotatable bonds is 2. The monoisotopic (exact) mass is 386 g/mol. The molecule has 26 heavy (non-hydrogen) atoms. The van der Waals surface area contributed by atoms with E-state index < -0.39 is 23.5 Å². The molecule has 2 aromatic carbocycles. The summed E-state index contributed by atoms with van der Waals surface area (Å²) in [6.45, 7) is 1.82. The van der Waals surface area contributed by atoms with Gasteiger partial charge in [-0.15, -0.1) is 11.3 Å². The van der Waals surface area contributed by atoms with Crippen LogP contribution in [-0.4, -0.2) is 0 Å². The molecule has 0 unspecified atom stereocenters. The molecular weight excluding hydrogens is 374 g/mol. The lowest BCUT2D eigenvalue weighted by molar-refractivity contribution is -0.138. The van der Waals surface area contributed by atoms with Gasteiger partial charge < -0.3 is 0 Å². The zero-order chi connectivity index (χ0) is 19.1. The molecule has 0 saturated carbocycles. The van der Waals surface area contributed by atoms with Gasteiger partial charge in [-0.25, -0.2) is 0 Å². The number of benzene rings is 2. The maximum absolute atomic E-state index is 12.7. The smallest absolute Gasteiger partial charge is 0.166 e. The SMILES string of the molecule is Cc1cc(-c2ccc(C(F)(F)F)cc2)sc1-c1ccc(C(F)(F)F)cc1. The third kappa shape index (κ3) is 3.77. The highest BCUT2D eigenvalue weighted by Crippen LogP contribution is 2.40. The Hall–Kier alpha value is -2.28. The molecule has 0 spiro atoms. The topological polar surface area (TPSA) is 0 Å². The third-order valence-corrected chi connectivity index (χ3v) is 5.22. The summed E-state index contributed by atoms with van der Waals surface area (Å²) in [5, 5.41) is 0. The molecule has 0 aliphatic carbocycles. The molecule has 0 bridgehead atoms. The lowest BCUT2D eigenvalue weighted by atomic mass is 10.1. The van der Waals surface area contributed by atoms with Gasteiger partial charge in [-0.2, -0.15) is 26.3 Å². The summed E-state index contributed by atoms with van der Waals surface area (Å²) in [5.41, 5.74) is 0.670. The first-order chi connectivity index (χ1) is 12.1. The van der Waals surface area contributed by atoms with Crippen molar-refractivity contribution in [2.24, 2.45) is 0 Å². The first kappa shape index (κ1) is 18.5. The molecule has 3 aromatic rings. The van der Waals surface area contributed by atoms with Gasteiger partial charge in [-0.1, -0.05) is 24.3 Å². The van der Waals surface area contributed by atoms with Crippen LogP contribution < -0.4 is 0 Å². The van der Waals surface area contributed by atoms with Crippen molar-refractivity contribution < 1.29 is 26.3 Å². The Morgan fingerprint density at radius 1 is 0.654 bits per heavy atom. The van der Waals surface area contributed by atoms with Crippen LogP contribution >= 0.6 is 11.3 Å². The predicted octanol–water partition coefficient (Wildman–Crippen LogP) is 7.43. The molecule has 0 fully saturated rings. The van der Waals surface area contributed by atoms with E-state index >= 15 is 0 Å². The highest BCUT2D eigenvalue weighted by Gasteiger charge is 2.31. The molecule has 0 nitrogen and oxygen atoms in total. The van der Waals surface area contributed by atoms with Crippen LogP contribution in [0.15, 0.2) is 54.6 Å². The minimum atomic E-state index is -4.39. The van der Waals surface area contributed by atoms with Crippen molar-refractivity contribution in [3.63, 3.8) is 0 Å². The van der Waals surface area contributed by atoms with E-state index in [-0.39, 0.29) is 0 Å². The number of hydrogen-bond acceptors (Lipinski definition) is 1. The van der Waals surface area contributed by atoms with Crippen molar-refractivity contribution in [2.75, 3.05) is 0 Å². The Labute approximate surface area is 149 Å². The molecule has 0 radical (unpaired) electrons. The Morgan fingerprint density at radius 2 is 1.08 bits per heavy atom. The average molecular weight is 386 g/mol. The van der Waals surface area contributed by atoms with Crippen LogP contribution in [0.4, 0.5) is 26.3 Å². The van der Waals surface area contributed by atoms with Gasteiger partial charge in [0.2, 0.25) is 0 Å². The molecule has 3 rings (SSSR count). The summed E-state index contributed by atoms with van der Waals surface area (Å²) in [6.07, 6.45) is -8.79. The summed E-state index contributed by atoms with van der Waals surface area (Å²) < 4.78 is 75.9. The highest BCUT2D eigenvalue weighted by atomic mass is 32.1. The molecule has 0 amide bonds. The number of aryl methyl sites for hydroxylation is 1. The Kier molecular flexibility index (Phi) is 4.60. The second-order valence-electron chi connectivity index (χ2n) is 5.77. The van der Waals surface area contributed by atoms with Gasteiger partial charge in [-0.05, 0) is 53.9 Å². The summed E-state index contributed by atoms with van der Waals surface area (Å²) >= 11 is 1.33. The van der Waals surface area contributed by atoms with E-state index in [0.717, 1.165) is 39.6 Å². The molecule has 136 valence electrons. The van der Waals surface area contributed by atoms with Gasteiger partial charge in [0.15, 0.2) is 0 Å². The lowest BCUT2D eigenvalue weighted by Crippen LogP contribution is -2.03. The standard InChI is InChI=1S/C19H12F6S/c1-11-10-16(12-2-6-14(7-3-12)18(20,21)22)26-17(11)13-4-8-15(9-5-13)19(23,24)25/h2-10H,1H3. The van der Waals surface area contributed by atoms with Crippen molar-refractivity contribution >= 4 is 11.3 Å². The normalized spacial score (nSPS) is 12.4. The molecule has 0 saturated heterocycles. The third-order valence-electron chi connectivity index (χ3n) is 3.89. The van der Waals surface area contributed by atoms with Crippen molar-refractivity contribution in [2.45, 2.75) is 19.3 Å². The van der Waals surface area contributed by atoms with E-state index in [1.807, 2.05) is 13.0 Å². The maximum atomic E-state index is 12.7. The largest absolute Gasteiger partial charge is 0.416 e. The van der Waals surface area contributed by atoms with Crippen LogP contribution in [0, 0.1) is 6.92 Å². The fraction of sp³-hybridized carbons (Fsp3) is 0.158. The van der Waals surface area contributed by atoms with Crippen LogP contribution in [-0.2, 0) is 12.4 Å². The molecular formula is C19H12F6S. The van der Waals surface area contributed by atoms with E-state index in [4.69, 9.17) is 0 Å². The first-order valence-electron chi connectivity index (χ1n) is 7.51. The zero-order valence-electron chi connectivity index (χ0n) is 13.4. The zero-order valence-corrected chi connectivity index (χ0v) is 14.2. The molecule has 7 heteroatoms. The quantitative estimate of drug-likeness (QED) is 0.402. The molecule has 0 atom stereocenters. The van der Waals surface area contributed by atoms with E-state index in [1.54, 1.807) is 0 Å². The average Bonchev–Trinajstić information content (AvgIpc) is 2.95. The van der Waals surface area contributed by atoms with Crippen molar-refractivity contribution in [1.82, 2.24) is 0 Å². The predicted molar refractivity (Wildman–Crippen MR) is 89.9 cm³/mol. The van der Waals surface area contributed by atoms with Gasteiger partial charge in [0.25, 0.3) is 0 Å². The van der Waals surface area contributed by atoms with Crippen molar-refractivity contribution in [3.05, 3.63) is 71.3 Å². The van der Waals surface area contributed by atoms with Gasteiger partial charge in [0.1, 0.15) is 0 Å². The molecule has 1 aromatic heterocycles. The van der Waals surface area contributed by atoms with E-state index in [0.29, 0.717) is 11.1 Å². The van der Waals surface area contributed by atoms with Gasteiger partial charge in [0.05, 0.1) is 11.1 Å². The van der Waals surface area contributed by atoms with Gasteiger partial charge in [-0.3, -0.25) is 0 Å². The van der Waals surface area contributed by atoms with Crippen molar-refractivity contribution in [3.8, 4) is 20.9 Å². The molecule has 0 aliphatic heterocycles. The van der Waals surface area contributed by atoms with Crippen LogP contribution in [0.5, 0.6) is 0 Å². The summed E-state index contributed by atoms with van der Waals surface area (Å²) in [7, 11) is 0. The number of thiophene rings is 1. The fourth-order valence-corrected chi connectivity index (χ4v) is 3.73. The summed E-state index contributed by atoms with van der Waals surface area (Å²) in [6, 6.07) is 11.5. The number of hydrogen-bond donors (Lipinski definition) is 0. The minimum Gasteiger partial charge on any atom is -0.166 e.